The van der Waals surface area contributed by atoms with Crippen molar-refractivity contribution >= 4 is 17.2 Å². The Balaban J connectivity index is 1.54. The number of nitrogens with one attached hydrogen (secondary N) is 2. The van der Waals surface area contributed by atoms with Gasteiger partial charge in [-0.25, -0.2) is 4.98 Å². The summed E-state index contributed by atoms with van der Waals surface area (Å²) in [6.45, 7) is 7.88. The number of hydrogen-bond donors (Lipinski definition) is 5. The van der Waals surface area contributed by atoms with Gasteiger partial charge in [-0.05, 0) is 61.8 Å². The fourth-order valence-corrected chi connectivity index (χ4v) is 6.24. The van der Waals surface area contributed by atoms with Gasteiger partial charge < -0.3 is 30.4 Å². The predicted molar refractivity (Wildman–Crippen MR) is 136 cm³/mol. The number of benzene rings is 1. The van der Waals surface area contributed by atoms with E-state index in [1.54, 1.807) is 26.0 Å². The zero-order valence-electron chi connectivity index (χ0n) is 21.6. The van der Waals surface area contributed by atoms with E-state index in [0.717, 1.165) is 30.4 Å². The van der Waals surface area contributed by atoms with Gasteiger partial charge in [-0.15, -0.1) is 0 Å². The van der Waals surface area contributed by atoms with Crippen molar-refractivity contribution in [2.75, 3.05) is 5.32 Å². The molecule has 0 saturated carbocycles. The minimum absolute atomic E-state index is 0.0359. The molecule has 37 heavy (non-hydrogen) atoms. The van der Waals surface area contributed by atoms with Gasteiger partial charge in [0.1, 0.15) is 18.3 Å². The maximum absolute atomic E-state index is 12.9. The number of fused-ring (bicyclic) bond motifs is 2. The summed E-state index contributed by atoms with van der Waals surface area (Å²) in [5, 5.41) is 45.2. The van der Waals surface area contributed by atoms with Gasteiger partial charge in [0.15, 0.2) is 11.5 Å². The van der Waals surface area contributed by atoms with Crippen molar-refractivity contribution in [2.24, 2.45) is 5.41 Å². The number of ether oxygens (including phenoxy) is 1. The monoisotopic (exact) mass is 506 g/mol. The zero-order valence-corrected chi connectivity index (χ0v) is 21.6. The quantitative estimate of drug-likeness (QED) is 0.426. The molecule has 2 fully saturated rings. The van der Waals surface area contributed by atoms with Crippen molar-refractivity contribution in [3.05, 3.63) is 53.1 Å². The van der Waals surface area contributed by atoms with Crippen LogP contribution in [0.15, 0.2) is 30.5 Å². The summed E-state index contributed by atoms with van der Waals surface area (Å²) < 4.78 is 6.06. The molecule has 2 saturated heterocycles. The summed E-state index contributed by atoms with van der Waals surface area (Å²) in [5.74, 6) is -0.435. The van der Waals surface area contributed by atoms with Gasteiger partial charge in [0.05, 0.1) is 16.8 Å². The Labute approximate surface area is 216 Å². The van der Waals surface area contributed by atoms with Crippen LogP contribution in [0.5, 0.6) is 0 Å². The highest BCUT2D eigenvalue weighted by Gasteiger charge is 2.65. The summed E-state index contributed by atoms with van der Waals surface area (Å²) in [5.41, 5.74) is -0.152. The fourth-order valence-electron chi connectivity index (χ4n) is 6.24. The van der Waals surface area contributed by atoms with Crippen LogP contribution in [0.3, 0.4) is 0 Å². The van der Waals surface area contributed by atoms with Crippen LogP contribution in [0.1, 0.15) is 87.2 Å². The Morgan fingerprint density at radius 3 is 2.43 bits per heavy atom. The van der Waals surface area contributed by atoms with Crippen LogP contribution in [-0.4, -0.2) is 54.6 Å². The molecule has 3 heterocycles. The molecule has 2 aromatic rings. The minimum Gasteiger partial charge on any atom is -0.387 e. The summed E-state index contributed by atoms with van der Waals surface area (Å²) >= 11 is 0. The summed E-state index contributed by atoms with van der Waals surface area (Å²) in [6, 6.07) is 7.34. The van der Waals surface area contributed by atoms with Crippen molar-refractivity contribution in [1.82, 2.24) is 9.97 Å². The second-order valence-corrected chi connectivity index (χ2v) is 12.1. The summed E-state index contributed by atoms with van der Waals surface area (Å²) in [7, 11) is 0. The lowest BCUT2D eigenvalue weighted by atomic mass is 9.74. The van der Waals surface area contributed by atoms with Gasteiger partial charge in [0.25, 0.3) is 5.91 Å². The first-order chi connectivity index (χ1) is 17.3. The molecular formula is C28H34N4O5. The van der Waals surface area contributed by atoms with Gasteiger partial charge in [0, 0.05) is 30.3 Å². The molecule has 1 amide bonds. The van der Waals surface area contributed by atoms with Crippen LogP contribution >= 0.6 is 0 Å². The lowest BCUT2D eigenvalue weighted by Gasteiger charge is -2.46. The molecule has 9 heteroatoms. The Kier molecular flexibility index (Phi) is 5.88. The summed E-state index contributed by atoms with van der Waals surface area (Å²) in [4.78, 5) is 19.7. The highest BCUT2D eigenvalue weighted by atomic mass is 16.6. The van der Waals surface area contributed by atoms with Crippen LogP contribution in [-0.2, 0) is 10.3 Å². The van der Waals surface area contributed by atoms with Crippen LogP contribution in [0.4, 0.5) is 5.69 Å². The fraction of sp³-hybridized carbons (Fsp3) is 0.536. The number of rotatable bonds is 4. The first-order valence-corrected chi connectivity index (χ1v) is 12.7. The van der Waals surface area contributed by atoms with E-state index in [-0.39, 0.29) is 29.8 Å². The largest absolute Gasteiger partial charge is 0.387 e. The Morgan fingerprint density at radius 2 is 1.86 bits per heavy atom. The highest BCUT2D eigenvalue weighted by Crippen LogP contribution is 2.55. The number of anilines is 1. The second-order valence-electron chi connectivity index (χ2n) is 12.1. The number of hydrogen-bond acceptors (Lipinski definition) is 7. The van der Waals surface area contributed by atoms with Gasteiger partial charge in [0.2, 0.25) is 0 Å². The van der Waals surface area contributed by atoms with Gasteiger partial charge >= 0.3 is 0 Å². The number of amides is 1. The third kappa shape index (κ3) is 4.38. The molecule has 3 aliphatic rings. The number of nitrogens with zero attached hydrogens (tertiary/aromatic N) is 2. The standard InChI is InChI=1S/C28H34N4O5/c1-25(2)9-7-16(8-10-25)19-11-17(5-6-20(19)32-24(35)23-30-13-18(12-29)31-23)28(36)14-26(3)21(33)22(34)27(4,15-28)37-26/h5-7,11,13,21-22,33-34,36H,8-10,14-15H2,1-4H3,(H,30,31)(H,32,35). The molecule has 4 unspecified atom stereocenters. The van der Waals surface area contributed by atoms with Crippen molar-refractivity contribution in [2.45, 2.75) is 88.8 Å². The number of carbonyl (C=O) groups excluding carboxylic acids is 1. The van der Waals surface area contributed by atoms with Gasteiger partial charge in [-0.3, -0.25) is 4.79 Å². The predicted octanol–water partition coefficient (Wildman–Crippen LogP) is 3.38. The average Bonchev–Trinajstić information content (AvgIpc) is 3.36. The van der Waals surface area contributed by atoms with Crippen LogP contribution in [0.2, 0.25) is 0 Å². The third-order valence-electron chi connectivity index (χ3n) is 8.33. The molecule has 196 valence electrons. The number of H-pyrrole nitrogens is 1. The number of carbonyl (C=O) groups is 1. The molecular weight excluding hydrogens is 472 g/mol. The topological polar surface area (TPSA) is 151 Å². The molecule has 0 spiro atoms. The van der Waals surface area contributed by atoms with Crippen molar-refractivity contribution in [1.29, 1.82) is 5.26 Å². The molecule has 9 nitrogen and oxygen atoms in total. The van der Waals surface area contributed by atoms with Crippen LogP contribution < -0.4 is 5.32 Å². The van der Waals surface area contributed by atoms with E-state index in [0.29, 0.717) is 11.3 Å². The molecule has 1 aromatic heterocycles. The van der Waals surface area contributed by atoms with E-state index in [2.05, 4.69) is 35.2 Å². The maximum Gasteiger partial charge on any atom is 0.291 e. The summed E-state index contributed by atoms with van der Waals surface area (Å²) in [6.07, 6.45) is 4.26. The molecule has 1 aliphatic carbocycles. The number of imidazole rings is 1. The van der Waals surface area contributed by atoms with E-state index >= 15 is 0 Å². The minimum atomic E-state index is -1.35. The van der Waals surface area contributed by atoms with Crippen LogP contribution in [0.25, 0.3) is 5.57 Å². The zero-order chi connectivity index (χ0) is 26.8. The van der Waals surface area contributed by atoms with Gasteiger partial charge in [-0.2, -0.15) is 5.26 Å². The molecule has 0 radical (unpaired) electrons. The number of aromatic amines is 1. The lowest BCUT2D eigenvalue weighted by Crippen LogP contribution is -2.51. The van der Waals surface area contributed by atoms with E-state index in [1.807, 2.05) is 12.1 Å². The van der Waals surface area contributed by atoms with Crippen LogP contribution in [0, 0.1) is 16.7 Å². The van der Waals surface area contributed by atoms with E-state index < -0.39 is 34.9 Å². The first-order valence-electron chi connectivity index (χ1n) is 12.7. The highest BCUT2D eigenvalue weighted by molar-refractivity contribution is 6.03. The number of aliphatic hydroxyl groups is 3. The molecule has 5 rings (SSSR count). The smallest absolute Gasteiger partial charge is 0.291 e. The molecule has 2 aliphatic heterocycles. The van der Waals surface area contributed by atoms with E-state index in [1.165, 1.54) is 6.20 Å². The van der Waals surface area contributed by atoms with Gasteiger partial charge in [-0.1, -0.05) is 26.0 Å². The molecule has 4 atom stereocenters. The SMILES string of the molecule is CC1(C)CC=C(c2cc(C3(O)CC4(C)OC(C)(C3)C(O)C4O)ccc2NC(=O)c2nc(C#N)c[nH]2)CC1. The third-order valence-corrected chi connectivity index (χ3v) is 8.33. The average molecular weight is 507 g/mol. The lowest BCUT2D eigenvalue weighted by molar-refractivity contribution is -0.215. The maximum atomic E-state index is 12.9. The van der Waals surface area contributed by atoms with Crippen molar-refractivity contribution in [3.63, 3.8) is 0 Å². The normalized spacial score (nSPS) is 34.5. The number of aromatic nitrogens is 2. The van der Waals surface area contributed by atoms with Crippen molar-refractivity contribution in [3.8, 4) is 6.07 Å². The molecule has 2 bridgehead atoms. The number of allylic oxidation sites excluding steroid dienone is 2. The van der Waals surface area contributed by atoms with E-state index in [4.69, 9.17) is 10.00 Å². The first kappa shape index (κ1) is 25.6. The molecule has 1 aromatic carbocycles. The number of nitriles is 1. The van der Waals surface area contributed by atoms with E-state index in [9.17, 15) is 20.1 Å². The Hall–Kier alpha value is -3.03. The second kappa shape index (κ2) is 8.50. The molecule has 5 N–H and O–H groups in total. The Bertz CT molecular complexity index is 1300. The number of aliphatic hydroxyl groups excluding tert-OH is 2. The Morgan fingerprint density at radius 1 is 1.19 bits per heavy atom. The van der Waals surface area contributed by atoms with Crippen molar-refractivity contribution < 1.29 is 24.9 Å².